The fourth-order valence-electron chi connectivity index (χ4n) is 2.48. The molecular weight excluding hydrogens is 279 g/mol. The van der Waals surface area contributed by atoms with Crippen molar-refractivity contribution in [1.82, 2.24) is 0 Å². The Bertz CT molecular complexity index is 554. The van der Waals surface area contributed by atoms with E-state index in [2.05, 4.69) is 0 Å². The van der Waals surface area contributed by atoms with E-state index in [1.54, 1.807) is 24.3 Å². The Labute approximate surface area is 117 Å². The summed E-state index contributed by atoms with van der Waals surface area (Å²) in [5.74, 6) is -1.87. The van der Waals surface area contributed by atoms with E-state index in [0.29, 0.717) is 17.9 Å². The predicted molar refractivity (Wildman–Crippen MR) is 74.3 cm³/mol. The number of ether oxygens (including phenoxy) is 2. The zero-order chi connectivity index (χ0) is 14.8. The van der Waals surface area contributed by atoms with Crippen molar-refractivity contribution in [2.24, 2.45) is 0 Å². The predicted octanol–water partition coefficient (Wildman–Crippen LogP) is 1.90. The van der Waals surface area contributed by atoms with Gasteiger partial charge in [-0.15, -0.1) is 0 Å². The average Bonchev–Trinajstić information content (AvgIpc) is 2.69. The number of rotatable bonds is 3. The fraction of sp³-hybridized carbons (Fsp3) is 0.429. The molecule has 1 fully saturated rings. The molecule has 108 valence electrons. The highest BCUT2D eigenvalue weighted by Crippen LogP contribution is 2.58. The molecule has 1 aromatic rings. The number of benzene rings is 1. The number of carbonyl (C=O) groups is 2. The first-order valence-corrected chi connectivity index (χ1v) is 8.38. The second-order valence-corrected chi connectivity index (χ2v) is 7.86. The zero-order valence-electron chi connectivity index (χ0n) is 11.4. The molecule has 1 unspecified atom stereocenters. The van der Waals surface area contributed by atoms with Crippen molar-refractivity contribution in [3.8, 4) is 0 Å². The zero-order valence-corrected chi connectivity index (χ0v) is 12.3. The molecule has 0 aliphatic carbocycles. The van der Waals surface area contributed by atoms with E-state index in [9.17, 15) is 14.2 Å². The summed E-state index contributed by atoms with van der Waals surface area (Å²) in [5.41, 5.74) is 0. The van der Waals surface area contributed by atoms with E-state index in [4.69, 9.17) is 9.47 Å². The molecule has 2 rings (SSSR count). The van der Waals surface area contributed by atoms with Crippen LogP contribution in [0.4, 0.5) is 0 Å². The van der Waals surface area contributed by atoms with E-state index in [-0.39, 0.29) is 0 Å². The van der Waals surface area contributed by atoms with Crippen molar-refractivity contribution in [2.45, 2.75) is 32.2 Å². The van der Waals surface area contributed by atoms with E-state index < -0.39 is 31.0 Å². The standard InChI is InChI=1S/C14H17O5P/c1-10(15)18-13-8-9-20(17,14(13)19-11(2)16)12-6-4-3-5-7-12/h3-7,13-14H,8-9H2,1-2H3/t13-,14+,20?/m0/s1. The van der Waals surface area contributed by atoms with E-state index in [1.165, 1.54) is 13.8 Å². The summed E-state index contributed by atoms with van der Waals surface area (Å²) in [6.07, 6.45) is 0.166. The molecule has 0 radical (unpaired) electrons. The summed E-state index contributed by atoms with van der Waals surface area (Å²) in [6.45, 7) is 2.55. The molecule has 0 aromatic heterocycles. The van der Waals surface area contributed by atoms with Crippen LogP contribution in [0.1, 0.15) is 20.3 Å². The second kappa shape index (κ2) is 5.80. The van der Waals surface area contributed by atoms with Gasteiger partial charge in [0.2, 0.25) is 0 Å². The van der Waals surface area contributed by atoms with Crippen molar-refractivity contribution in [3.05, 3.63) is 30.3 Å². The van der Waals surface area contributed by atoms with Crippen molar-refractivity contribution in [3.63, 3.8) is 0 Å². The van der Waals surface area contributed by atoms with Gasteiger partial charge >= 0.3 is 11.9 Å². The quantitative estimate of drug-likeness (QED) is 0.629. The lowest BCUT2D eigenvalue weighted by atomic mass is 10.3. The molecule has 1 saturated heterocycles. The molecule has 6 heteroatoms. The molecule has 0 bridgehead atoms. The Balaban J connectivity index is 2.34. The molecule has 1 aromatic carbocycles. The summed E-state index contributed by atoms with van der Waals surface area (Å²) in [4.78, 5) is 22.4. The highest BCUT2D eigenvalue weighted by Gasteiger charge is 2.50. The Kier molecular flexibility index (Phi) is 4.29. The fourth-order valence-corrected chi connectivity index (χ4v) is 5.66. The molecule has 5 nitrogen and oxygen atoms in total. The first-order valence-electron chi connectivity index (χ1n) is 6.42. The molecule has 1 aliphatic rings. The first kappa shape index (κ1) is 14.8. The Morgan fingerprint density at radius 3 is 2.25 bits per heavy atom. The minimum atomic E-state index is -2.92. The highest BCUT2D eigenvalue weighted by atomic mass is 31.2. The molecule has 1 heterocycles. The van der Waals surface area contributed by atoms with Crippen molar-refractivity contribution in [1.29, 1.82) is 0 Å². The highest BCUT2D eigenvalue weighted by molar-refractivity contribution is 7.72. The van der Waals surface area contributed by atoms with Crippen LogP contribution in [0.15, 0.2) is 30.3 Å². The van der Waals surface area contributed by atoms with Gasteiger partial charge in [-0.2, -0.15) is 0 Å². The van der Waals surface area contributed by atoms with Crippen LogP contribution in [0.2, 0.25) is 0 Å². The van der Waals surface area contributed by atoms with Gasteiger partial charge < -0.3 is 14.0 Å². The minimum absolute atomic E-state index is 0.368. The summed E-state index contributed by atoms with van der Waals surface area (Å²) in [6, 6.07) is 8.93. The maximum atomic E-state index is 13.2. The van der Waals surface area contributed by atoms with Crippen LogP contribution in [0, 0.1) is 0 Å². The Morgan fingerprint density at radius 1 is 1.10 bits per heavy atom. The van der Waals surface area contributed by atoms with Gasteiger partial charge in [-0.25, -0.2) is 0 Å². The van der Waals surface area contributed by atoms with Crippen LogP contribution in [-0.4, -0.2) is 30.0 Å². The van der Waals surface area contributed by atoms with Crippen LogP contribution in [0.25, 0.3) is 0 Å². The van der Waals surface area contributed by atoms with Gasteiger partial charge in [-0.3, -0.25) is 9.59 Å². The second-order valence-electron chi connectivity index (χ2n) is 4.79. The van der Waals surface area contributed by atoms with E-state index >= 15 is 0 Å². The lowest BCUT2D eigenvalue weighted by molar-refractivity contribution is -0.158. The van der Waals surface area contributed by atoms with Gasteiger partial charge in [-0.1, -0.05) is 30.3 Å². The average molecular weight is 296 g/mol. The van der Waals surface area contributed by atoms with Crippen molar-refractivity contribution < 1.29 is 23.6 Å². The molecular formula is C14H17O5P. The van der Waals surface area contributed by atoms with Crippen LogP contribution in [-0.2, 0) is 23.6 Å². The van der Waals surface area contributed by atoms with Crippen molar-refractivity contribution in [2.75, 3.05) is 6.16 Å². The maximum absolute atomic E-state index is 13.2. The smallest absolute Gasteiger partial charge is 0.303 e. The van der Waals surface area contributed by atoms with Crippen molar-refractivity contribution >= 4 is 24.4 Å². The van der Waals surface area contributed by atoms with Gasteiger partial charge in [0, 0.05) is 25.3 Å². The van der Waals surface area contributed by atoms with Gasteiger partial charge in [0.25, 0.3) is 0 Å². The van der Waals surface area contributed by atoms with Crippen LogP contribution < -0.4 is 5.30 Å². The third-order valence-corrected chi connectivity index (χ3v) is 6.63. The Morgan fingerprint density at radius 2 is 1.70 bits per heavy atom. The summed E-state index contributed by atoms with van der Waals surface area (Å²) < 4.78 is 23.6. The molecule has 1 aliphatic heterocycles. The molecule has 0 saturated carbocycles. The summed E-state index contributed by atoms with van der Waals surface area (Å²) in [5, 5.41) is 0.654. The first-order chi connectivity index (χ1) is 9.43. The molecule has 0 N–H and O–H groups in total. The summed E-state index contributed by atoms with van der Waals surface area (Å²) >= 11 is 0. The molecule has 0 spiro atoms. The van der Waals surface area contributed by atoms with Gasteiger partial charge in [0.1, 0.15) is 6.10 Å². The third-order valence-electron chi connectivity index (χ3n) is 3.27. The van der Waals surface area contributed by atoms with E-state index in [0.717, 1.165) is 0 Å². The van der Waals surface area contributed by atoms with Crippen LogP contribution >= 0.6 is 7.14 Å². The Hall–Kier alpha value is -1.61. The topological polar surface area (TPSA) is 69.7 Å². The van der Waals surface area contributed by atoms with Crippen LogP contribution in [0.3, 0.4) is 0 Å². The van der Waals surface area contributed by atoms with Gasteiger partial charge in [-0.05, 0) is 6.42 Å². The van der Waals surface area contributed by atoms with Gasteiger partial charge in [0.05, 0.1) is 0 Å². The molecule has 0 amide bonds. The molecule has 3 atom stereocenters. The lowest BCUT2D eigenvalue weighted by Gasteiger charge is -2.24. The SMILES string of the molecule is CC(=O)O[C@H]1CCP(=O)(c2ccccc2)[C@H]1OC(C)=O. The van der Waals surface area contributed by atoms with Crippen LogP contribution in [0.5, 0.6) is 0 Å². The lowest BCUT2D eigenvalue weighted by Crippen LogP contribution is -2.31. The monoisotopic (exact) mass is 296 g/mol. The largest absolute Gasteiger partial charge is 0.458 e. The third kappa shape index (κ3) is 2.93. The van der Waals surface area contributed by atoms with Gasteiger partial charge in [0.15, 0.2) is 13.0 Å². The maximum Gasteiger partial charge on any atom is 0.303 e. The normalized spacial score (nSPS) is 28.9. The number of hydrogen-bond acceptors (Lipinski definition) is 5. The summed E-state index contributed by atoms with van der Waals surface area (Å²) in [7, 11) is -2.92. The van der Waals surface area contributed by atoms with E-state index in [1.807, 2.05) is 6.07 Å². The number of esters is 2. The number of hydrogen-bond donors (Lipinski definition) is 0. The molecule has 20 heavy (non-hydrogen) atoms. The minimum Gasteiger partial charge on any atom is -0.458 e. The number of carbonyl (C=O) groups excluding carboxylic acids is 2.